The van der Waals surface area contributed by atoms with E-state index < -0.39 is 6.09 Å². The van der Waals surface area contributed by atoms with Crippen LogP contribution in [0.1, 0.15) is 54.4 Å². The molecule has 0 spiro atoms. The van der Waals surface area contributed by atoms with Gasteiger partial charge in [-0.15, -0.1) is 0 Å². The Morgan fingerprint density at radius 1 is 1.31 bits per heavy atom. The third-order valence-electron chi connectivity index (χ3n) is 7.84. The molecule has 5 rings (SSSR count). The molecule has 1 fully saturated rings. The van der Waals surface area contributed by atoms with Crippen molar-refractivity contribution in [2.24, 2.45) is 0 Å². The van der Waals surface area contributed by atoms with Crippen molar-refractivity contribution in [2.75, 3.05) is 33.4 Å². The van der Waals surface area contributed by atoms with E-state index in [9.17, 15) is 14.0 Å². The maximum Gasteiger partial charge on any atom is 0.411 e. The Morgan fingerprint density at radius 2 is 2.11 bits per heavy atom. The Hall–Kier alpha value is -3.27. The number of carbonyl (C=O) groups excluding carboxylic acids is 1. The molecule has 1 saturated heterocycles. The van der Waals surface area contributed by atoms with Gasteiger partial charge in [0.1, 0.15) is 11.6 Å². The number of alkyl carbamates (subject to hydrolysis) is 1. The zero-order valence-electron chi connectivity index (χ0n) is 20.9. The lowest BCUT2D eigenvalue weighted by molar-refractivity contribution is -0.947. The van der Waals surface area contributed by atoms with Crippen LogP contribution in [-0.2, 0) is 24.1 Å². The van der Waals surface area contributed by atoms with E-state index in [1.807, 2.05) is 11.5 Å². The Balaban J connectivity index is 1.35. The number of amides is 1. The Morgan fingerprint density at radius 3 is 2.89 bits per heavy atom. The molecule has 2 aromatic heterocycles. The third kappa shape index (κ3) is 4.74. The number of halogens is 1. The quantitative estimate of drug-likeness (QED) is 0.523. The molecule has 2 aliphatic heterocycles. The van der Waals surface area contributed by atoms with Crippen LogP contribution in [0.4, 0.5) is 9.18 Å². The summed E-state index contributed by atoms with van der Waals surface area (Å²) >= 11 is 0. The van der Waals surface area contributed by atoms with Gasteiger partial charge >= 0.3 is 6.09 Å². The number of ether oxygens (including phenoxy) is 1. The van der Waals surface area contributed by atoms with E-state index in [-0.39, 0.29) is 24.0 Å². The summed E-state index contributed by atoms with van der Waals surface area (Å²) < 4.78 is 26.9. The first kappa shape index (κ1) is 24.4. The first-order valence-corrected chi connectivity index (χ1v) is 12.7. The summed E-state index contributed by atoms with van der Waals surface area (Å²) in [6.07, 6.45) is 4.66. The van der Waals surface area contributed by atoms with E-state index >= 15 is 0 Å². The van der Waals surface area contributed by atoms with E-state index in [1.165, 1.54) is 12.1 Å². The number of fused-ring (bicyclic) bond motifs is 2. The number of piperidine rings is 1. The fourth-order valence-electron chi connectivity index (χ4n) is 5.67. The lowest BCUT2D eigenvalue weighted by atomic mass is 9.90. The van der Waals surface area contributed by atoms with Crippen LogP contribution < -0.4 is 10.9 Å². The van der Waals surface area contributed by atoms with Gasteiger partial charge in [0.2, 0.25) is 6.73 Å². The Kier molecular flexibility index (Phi) is 6.79. The predicted molar refractivity (Wildman–Crippen MR) is 131 cm³/mol. The average molecular weight is 499 g/mol. The number of rotatable bonds is 6. The van der Waals surface area contributed by atoms with Gasteiger partial charge in [0.15, 0.2) is 5.58 Å². The summed E-state index contributed by atoms with van der Waals surface area (Å²) in [5, 5.41) is 7.61. The smallest absolute Gasteiger partial charge is 0.399 e. The first-order chi connectivity index (χ1) is 17.4. The van der Waals surface area contributed by atoms with Crippen molar-refractivity contribution in [1.29, 1.82) is 0 Å². The van der Waals surface area contributed by atoms with E-state index in [1.54, 1.807) is 13.1 Å². The minimum Gasteiger partial charge on any atom is -0.399 e. The monoisotopic (exact) mass is 498 g/mol. The number of hydrogen-bond donors (Lipinski definition) is 1. The number of aromatic nitrogens is 3. The third-order valence-corrected chi connectivity index (χ3v) is 7.84. The number of likely N-dealkylation sites (tertiary alicyclic amines) is 1. The topological polar surface area (TPSA) is 99.2 Å². The molecule has 192 valence electrons. The van der Waals surface area contributed by atoms with Gasteiger partial charge in [-0.25, -0.2) is 14.2 Å². The SMILES string of the molecule is CNC(=O)OC[N+]1(CCc2c(C)nc3n(c2=O)CCCC3)CCC(c2noc3cc(F)ccc23)CC1. The van der Waals surface area contributed by atoms with E-state index in [2.05, 4.69) is 10.5 Å². The molecule has 9 nitrogen and oxygen atoms in total. The van der Waals surface area contributed by atoms with Gasteiger partial charge in [0.25, 0.3) is 5.56 Å². The van der Waals surface area contributed by atoms with Crippen molar-refractivity contribution in [2.45, 2.75) is 57.9 Å². The summed E-state index contributed by atoms with van der Waals surface area (Å²) in [6, 6.07) is 4.51. The van der Waals surface area contributed by atoms with Crippen LogP contribution in [0.15, 0.2) is 27.5 Å². The molecule has 0 unspecified atom stereocenters. The van der Waals surface area contributed by atoms with Crippen molar-refractivity contribution < 1.29 is 22.9 Å². The van der Waals surface area contributed by atoms with Crippen LogP contribution in [0.25, 0.3) is 11.0 Å². The minimum absolute atomic E-state index is 0.0683. The van der Waals surface area contributed by atoms with Crippen LogP contribution in [0, 0.1) is 12.7 Å². The summed E-state index contributed by atoms with van der Waals surface area (Å²) in [7, 11) is 1.54. The molecule has 36 heavy (non-hydrogen) atoms. The first-order valence-electron chi connectivity index (χ1n) is 12.7. The number of hydrogen-bond acceptors (Lipinski definition) is 6. The second-order valence-corrected chi connectivity index (χ2v) is 10.1. The van der Waals surface area contributed by atoms with Gasteiger partial charge < -0.3 is 14.6 Å². The van der Waals surface area contributed by atoms with Gasteiger partial charge in [-0.05, 0) is 31.9 Å². The molecule has 0 bridgehead atoms. The van der Waals surface area contributed by atoms with Crippen molar-refractivity contribution >= 4 is 17.1 Å². The molecular formula is C26H33FN5O4+. The Bertz CT molecular complexity index is 1330. The molecule has 0 atom stereocenters. The number of nitrogens with zero attached hydrogens (tertiary/aromatic N) is 4. The normalized spacial score (nSPS) is 21.8. The summed E-state index contributed by atoms with van der Waals surface area (Å²) in [6.45, 7) is 5.07. The maximum absolute atomic E-state index is 13.6. The van der Waals surface area contributed by atoms with Gasteiger partial charge in [-0.2, -0.15) is 0 Å². The standard InChI is InChI=1S/C26H32FN5O4/c1-17-20(25(33)31-11-4-3-5-23(31)29-17)10-14-32(16-35-26(34)28-2)12-8-18(9-13-32)24-21-7-6-19(27)15-22(21)36-30-24/h6-7,15,18H,3-5,8-14,16H2,1-2H3/p+1. The van der Waals surface area contributed by atoms with Gasteiger partial charge in [0, 0.05) is 67.9 Å². The number of quaternary nitrogens is 1. The number of carbonyl (C=O) groups is 1. The highest BCUT2D eigenvalue weighted by Crippen LogP contribution is 2.35. The van der Waals surface area contributed by atoms with Crippen molar-refractivity contribution in [3.63, 3.8) is 0 Å². The van der Waals surface area contributed by atoms with Gasteiger partial charge in [-0.3, -0.25) is 13.8 Å². The van der Waals surface area contributed by atoms with Crippen LogP contribution in [0.2, 0.25) is 0 Å². The Labute approximate surface area is 208 Å². The van der Waals surface area contributed by atoms with Crippen molar-refractivity contribution in [1.82, 2.24) is 20.0 Å². The zero-order chi connectivity index (χ0) is 25.3. The molecule has 2 aliphatic rings. The number of nitrogens with one attached hydrogen (secondary N) is 1. The average Bonchev–Trinajstić information content (AvgIpc) is 3.30. The van der Waals surface area contributed by atoms with E-state index in [0.29, 0.717) is 23.0 Å². The molecule has 3 aromatic rings. The molecule has 0 saturated carbocycles. The van der Waals surface area contributed by atoms with E-state index in [4.69, 9.17) is 14.2 Å². The van der Waals surface area contributed by atoms with Crippen LogP contribution in [0.5, 0.6) is 0 Å². The molecule has 10 heteroatoms. The molecule has 4 heterocycles. The minimum atomic E-state index is -0.467. The molecular weight excluding hydrogens is 465 g/mol. The highest BCUT2D eigenvalue weighted by molar-refractivity contribution is 5.79. The zero-order valence-corrected chi connectivity index (χ0v) is 20.9. The maximum atomic E-state index is 13.6. The van der Waals surface area contributed by atoms with Crippen LogP contribution in [-0.4, -0.2) is 58.7 Å². The van der Waals surface area contributed by atoms with Gasteiger partial charge in [0.05, 0.1) is 25.3 Å². The molecule has 1 aromatic carbocycles. The molecule has 1 N–H and O–H groups in total. The summed E-state index contributed by atoms with van der Waals surface area (Å²) in [4.78, 5) is 29.9. The second-order valence-electron chi connectivity index (χ2n) is 10.1. The predicted octanol–water partition coefficient (Wildman–Crippen LogP) is 3.42. The summed E-state index contributed by atoms with van der Waals surface area (Å²) in [5.41, 5.74) is 2.93. The highest BCUT2D eigenvalue weighted by Gasteiger charge is 2.37. The molecule has 0 radical (unpaired) electrons. The summed E-state index contributed by atoms with van der Waals surface area (Å²) in [5.74, 6) is 0.708. The number of aryl methyl sites for hydroxylation is 2. The van der Waals surface area contributed by atoms with Gasteiger partial charge in [-0.1, -0.05) is 5.16 Å². The fourth-order valence-corrected chi connectivity index (χ4v) is 5.67. The van der Waals surface area contributed by atoms with Crippen LogP contribution >= 0.6 is 0 Å². The van der Waals surface area contributed by atoms with Crippen molar-refractivity contribution in [3.05, 3.63) is 57.1 Å². The lowest BCUT2D eigenvalue weighted by Crippen LogP contribution is -2.56. The van der Waals surface area contributed by atoms with Crippen LogP contribution in [0.3, 0.4) is 0 Å². The van der Waals surface area contributed by atoms with E-state index in [0.717, 1.165) is 79.9 Å². The largest absolute Gasteiger partial charge is 0.411 e. The highest BCUT2D eigenvalue weighted by atomic mass is 19.1. The molecule has 1 amide bonds. The lowest BCUT2D eigenvalue weighted by Gasteiger charge is -2.42. The number of benzene rings is 1. The van der Waals surface area contributed by atoms with Crippen molar-refractivity contribution in [3.8, 4) is 0 Å². The fraction of sp³-hybridized carbons (Fsp3) is 0.538. The second kappa shape index (κ2) is 10.0. The molecule has 0 aliphatic carbocycles.